The number of carbonyl (C=O) groups is 1. The Balaban J connectivity index is 1.24. The lowest BCUT2D eigenvalue weighted by molar-refractivity contribution is -0.0522. The van der Waals surface area contributed by atoms with Gasteiger partial charge in [0.2, 0.25) is 0 Å². The zero-order chi connectivity index (χ0) is 15.2. The van der Waals surface area contributed by atoms with E-state index in [4.69, 9.17) is 9.47 Å². The van der Waals surface area contributed by atoms with Crippen LogP contribution in [0.5, 0.6) is 0 Å². The number of ether oxygens (including phenoxy) is 2. The molecule has 0 aliphatic heterocycles. The van der Waals surface area contributed by atoms with E-state index >= 15 is 0 Å². The van der Waals surface area contributed by atoms with Gasteiger partial charge in [-0.05, 0) is 67.9 Å². The molecule has 0 amide bonds. The van der Waals surface area contributed by atoms with Crippen molar-refractivity contribution in [2.45, 2.75) is 38.7 Å². The van der Waals surface area contributed by atoms with Crippen molar-refractivity contribution in [3.8, 4) is 0 Å². The third kappa shape index (κ3) is 2.18. The molecule has 0 saturated heterocycles. The van der Waals surface area contributed by atoms with E-state index in [1.807, 2.05) is 18.2 Å². The first-order valence-corrected chi connectivity index (χ1v) is 8.53. The summed E-state index contributed by atoms with van der Waals surface area (Å²) in [5.41, 5.74) is 1.04. The van der Waals surface area contributed by atoms with Crippen molar-refractivity contribution in [2.24, 2.45) is 23.2 Å². The number of esters is 1. The molecule has 22 heavy (non-hydrogen) atoms. The van der Waals surface area contributed by atoms with Crippen LogP contribution in [0.15, 0.2) is 30.3 Å². The molecule has 0 N–H and O–H groups in total. The molecule has 4 bridgehead atoms. The summed E-state index contributed by atoms with van der Waals surface area (Å²) < 4.78 is 11.3. The Morgan fingerprint density at radius 1 is 1.18 bits per heavy atom. The highest BCUT2D eigenvalue weighted by atomic mass is 16.6. The monoisotopic (exact) mass is 300 g/mol. The SMILES string of the molecule is CC(OCCOC(=O)c1ccccc1)C12CC3CC1CC3C2. The van der Waals surface area contributed by atoms with Crippen molar-refractivity contribution in [1.82, 2.24) is 0 Å². The minimum absolute atomic E-state index is 0.265. The summed E-state index contributed by atoms with van der Waals surface area (Å²) in [4.78, 5) is 11.9. The van der Waals surface area contributed by atoms with Gasteiger partial charge in [-0.1, -0.05) is 18.2 Å². The quantitative estimate of drug-likeness (QED) is 0.594. The van der Waals surface area contributed by atoms with Crippen LogP contribution < -0.4 is 0 Å². The van der Waals surface area contributed by atoms with E-state index < -0.39 is 0 Å². The van der Waals surface area contributed by atoms with E-state index in [2.05, 4.69) is 6.92 Å². The highest BCUT2D eigenvalue weighted by Gasteiger charge is 2.64. The second-order valence-electron chi connectivity index (χ2n) is 7.34. The lowest BCUT2D eigenvalue weighted by atomic mass is 9.76. The van der Waals surface area contributed by atoms with Gasteiger partial charge in [-0.3, -0.25) is 0 Å². The van der Waals surface area contributed by atoms with Crippen LogP contribution >= 0.6 is 0 Å². The van der Waals surface area contributed by atoms with Gasteiger partial charge >= 0.3 is 5.97 Å². The van der Waals surface area contributed by atoms with E-state index in [9.17, 15) is 4.79 Å². The highest BCUT2D eigenvalue weighted by Crippen LogP contribution is 2.71. The first-order valence-electron chi connectivity index (χ1n) is 8.53. The molecule has 0 spiro atoms. The second-order valence-corrected chi connectivity index (χ2v) is 7.34. The molecule has 1 aromatic carbocycles. The zero-order valence-electron chi connectivity index (χ0n) is 13.2. The fraction of sp³-hybridized carbons (Fsp3) is 0.632. The molecule has 118 valence electrons. The van der Waals surface area contributed by atoms with Crippen LogP contribution in [0.4, 0.5) is 0 Å². The number of rotatable bonds is 6. The largest absolute Gasteiger partial charge is 0.460 e. The van der Waals surface area contributed by atoms with Crippen LogP contribution in [0.25, 0.3) is 0 Å². The summed E-state index contributed by atoms with van der Waals surface area (Å²) in [6.07, 6.45) is 5.90. The number of carbonyl (C=O) groups excluding carboxylic acids is 1. The smallest absolute Gasteiger partial charge is 0.338 e. The van der Waals surface area contributed by atoms with Gasteiger partial charge < -0.3 is 9.47 Å². The molecule has 4 fully saturated rings. The van der Waals surface area contributed by atoms with Gasteiger partial charge in [-0.15, -0.1) is 0 Å². The van der Waals surface area contributed by atoms with Gasteiger partial charge in [0, 0.05) is 0 Å². The molecule has 5 rings (SSSR count). The molecular weight excluding hydrogens is 276 g/mol. The second kappa shape index (κ2) is 5.38. The number of hydrogen-bond acceptors (Lipinski definition) is 3. The van der Waals surface area contributed by atoms with Gasteiger partial charge in [0.15, 0.2) is 0 Å². The Hall–Kier alpha value is -1.35. The molecular formula is C19H24O3. The Kier molecular flexibility index (Phi) is 3.48. The predicted octanol–water partition coefficient (Wildman–Crippen LogP) is 3.68. The Labute approximate surface area is 132 Å². The molecule has 4 saturated carbocycles. The molecule has 3 unspecified atom stereocenters. The van der Waals surface area contributed by atoms with E-state index in [1.54, 1.807) is 12.1 Å². The number of benzene rings is 1. The first kappa shape index (κ1) is 14.3. The minimum atomic E-state index is -0.265. The molecule has 3 nitrogen and oxygen atoms in total. The van der Waals surface area contributed by atoms with Crippen molar-refractivity contribution in [3.63, 3.8) is 0 Å². The van der Waals surface area contributed by atoms with Crippen molar-refractivity contribution in [3.05, 3.63) is 35.9 Å². The third-order valence-corrected chi connectivity index (χ3v) is 6.44. The standard InChI is InChI=1S/C19H24O3/c1-13(19-11-15-9-17(19)10-16(15)12-19)21-7-8-22-18(20)14-5-3-2-4-6-14/h2-6,13,15-17H,7-12H2,1H3. The van der Waals surface area contributed by atoms with Crippen molar-refractivity contribution in [1.29, 1.82) is 0 Å². The van der Waals surface area contributed by atoms with Crippen LogP contribution in [0.2, 0.25) is 0 Å². The first-order chi connectivity index (χ1) is 10.7. The molecule has 4 aliphatic rings. The van der Waals surface area contributed by atoms with Gasteiger partial charge in [0.05, 0.1) is 18.3 Å². The maximum Gasteiger partial charge on any atom is 0.338 e. The van der Waals surface area contributed by atoms with Crippen molar-refractivity contribution < 1.29 is 14.3 Å². The topological polar surface area (TPSA) is 35.5 Å². The predicted molar refractivity (Wildman–Crippen MR) is 83.5 cm³/mol. The van der Waals surface area contributed by atoms with E-state index in [-0.39, 0.29) is 5.97 Å². The van der Waals surface area contributed by atoms with Crippen LogP contribution in [0.3, 0.4) is 0 Å². The maximum absolute atomic E-state index is 11.9. The summed E-state index contributed by atoms with van der Waals surface area (Å²) in [6, 6.07) is 9.13. The van der Waals surface area contributed by atoms with Gasteiger partial charge in [0.25, 0.3) is 0 Å². The molecule has 1 aromatic rings. The molecule has 3 atom stereocenters. The normalized spacial score (nSPS) is 36.0. The third-order valence-electron chi connectivity index (χ3n) is 6.44. The van der Waals surface area contributed by atoms with Gasteiger partial charge in [0.1, 0.15) is 6.61 Å². The maximum atomic E-state index is 11.9. The Bertz CT molecular complexity index is 539. The van der Waals surface area contributed by atoms with Gasteiger partial charge in [-0.25, -0.2) is 4.79 Å². The summed E-state index contributed by atoms with van der Waals surface area (Å²) >= 11 is 0. The van der Waals surface area contributed by atoms with Crippen LogP contribution in [-0.4, -0.2) is 25.3 Å². The minimum Gasteiger partial charge on any atom is -0.460 e. The van der Waals surface area contributed by atoms with Crippen molar-refractivity contribution in [2.75, 3.05) is 13.2 Å². The summed E-state index contributed by atoms with van der Waals surface area (Å²) in [7, 11) is 0. The lowest BCUT2D eigenvalue weighted by Crippen LogP contribution is -2.35. The molecule has 0 radical (unpaired) electrons. The van der Waals surface area contributed by atoms with Gasteiger partial charge in [-0.2, -0.15) is 0 Å². The lowest BCUT2D eigenvalue weighted by Gasteiger charge is -2.35. The van der Waals surface area contributed by atoms with Crippen LogP contribution in [0.1, 0.15) is 43.0 Å². The Morgan fingerprint density at radius 3 is 2.45 bits per heavy atom. The average molecular weight is 300 g/mol. The molecule has 0 aromatic heterocycles. The molecule has 4 aliphatic carbocycles. The highest BCUT2D eigenvalue weighted by molar-refractivity contribution is 5.89. The fourth-order valence-corrected chi connectivity index (χ4v) is 5.42. The molecule has 0 heterocycles. The summed E-state index contributed by atoms with van der Waals surface area (Å²) in [6.45, 7) is 3.07. The Morgan fingerprint density at radius 2 is 1.86 bits per heavy atom. The van der Waals surface area contributed by atoms with Crippen LogP contribution in [-0.2, 0) is 9.47 Å². The van der Waals surface area contributed by atoms with Crippen molar-refractivity contribution >= 4 is 5.97 Å². The summed E-state index contributed by atoms with van der Waals surface area (Å²) in [5, 5.41) is 0. The fourth-order valence-electron chi connectivity index (χ4n) is 5.42. The summed E-state index contributed by atoms with van der Waals surface area (Å²) in [5.74, 6) is 2.59. The van der Waals surface area contributed by atoms with E-state index in [0.29, 0.717) is 30.3 Å². The van der Waals surface area contributed by atoms with E-state index in [0.717, 1.165) is 17.8 Å². The zero-order valence-corrected chi connectivity index (χ0v) is 13.2. The van der Waals surface area contributed by atoms with Crippen LogP contribution in [0, 0.1) is 23.2 Å². The average Bonchev–Trinajstić information content (AvgIpc) is 3.26. The molecule has 3 heteroatoms. The van der Waals surface area contributed by atoms with E-state index in [1.165, 1.54) is 25.7 Å². The number of hydrogen-bond donors (Lipinski definition) is 0.